The number of carbonyl (C=O) groups is 1. The van der Waals surface area contributed by atoms with Gasteiger partial charge in [-0.25, -0.2) is 4.79 Å². The first kappa shape index (κ1) is 13.5. The number of phosphoric acid groups is 1. The number of cyclic esters (lactones) is 1. The highest BCUT2D eigenvalue weighted by molar-refractivity contribution is 7.43. The topological polar surface area (TPSA) is 159 Å². The van der Waals surface area contributed by atoms with E-state index in [-0.39, 0.29) is 0 Å². The molecule has 0 aromatic heterocycles. The van der Waals surface area contributed by atoms with Crippen molar-refractivity contribution in [3.63, 3.8) is 0 Å². The minimum atomic E-state index is -5.26. The molecule has 1 saturated heterocycles. The molecular weight excluding hydrogens is 247 g/mol. The minimum Gasteiger partial charge on any atom is -0.790 e. The van der Waals surface area contributed by atoms with Crippen molar-refractivity contribution < 1.29 is 43.7 Å². The zero-order valence-corrected chi connectivity index (χ0v) is 8.65. The molecule has 94 valence electrons. The first-order valence-electron chi connectivity index (χ1n) is 4.13. The Hall–Kier alpha value is -0.540. The van der Waals surface area contributed by atoms with Gasteiger partial charge >= 0.3 is 5.97 Å². The van der Waals surface area contributed by atoms with Crippen LogP contribution in [0.25, 0.3) is 0 Å². The van der Waals surface area contributed by atoms with Crippen LogP contribution in [0, 0.1) is 0 Å². The Morgan fingerprint density at radius 1 is 1.31 bits per heavy atom. The summed E-state index contributed by atoms with van der Waals surface area (Å²) in [5.74, 6) is -1.24. The van der Waals surface area contributed by atoms with Crippen molar-refractivity contribution >= 4 is 13.8 Å². The largest absolute Gasteiger partial charge is 0.790 e. The van der Waals surface area contributed by atoms with E-state index in [0.29, 0.717) is 0 Å². The lowest BCUT2D eigenvalue weighted by molar-refractivity contribution is -0.343. The number of aliphatic hydroxyl groups is 3. The predicted molar refractivity (Wildman–Crippen MR) is 41.5 cm³/mol. The van der Waals surface area contributed by atoms with Crippen LogP contribution in [0.5, 0.6) is 0 Å². The predicted octanol–water partition coefficient (Wildman–Crippen LogP) is -4.16. The van der Waals surface area contributed by atoms with E-state index in [2.05, 4.69) is 9.26 Å². The zero-order chi connectivity index (χ0) is 12.5. The van der Waals surface area contributed by atoms with Crippen molar-refractivity contribution in [2.45, 2.75) is 24.4 Å². The molecule has 1 rings (SSSR count). The fourth-order valence-electron chi connectivity index (χ4n) is 1.13. The summed E-state index contributed by atoms with van der Waals surface area (Å²) < 4.78 is 18.3. The van der Waals surface area contributed by atoms with Crippen molar-refractivity contribution in [3.8, 4) is 0 Å². The van der Waals surface area contributed by atoms with Gasteiger partial charge < -0.3 is 38.9 Å². The molecule has 0 radical (unpaired) electrons. The van der Waals surface area contributed by atoms with Crippen LogP contribution in [-0.2, 0) is 18.6 Å². The highest BCUT2D eigenvalue weighted by Gasteiger charge is 2.43. The number of hydrogen-bond acceptors (Lipinski definition) is 9. The summed E-state index contributed by atoms with van der Waals surface area (Å²) in [5, 5.41) is 27.4. The summed E-state index contributed by atoms with van der Waals surface area (Å²) in [7, 11) is -5.26. The Balaban J connectivity index is 2.61. The minimum absolute atomic E-state index is 0.916. The summed E-state index contributed by atoms with van der Waals surface area (Å²) in [5.41, 5.74) is 0. The fourth-order valence-corrected chi connectivity index (χ4v) is 1.46. The van der Waals surface area contributed by atoms with Crippen LogP contribution < -0.4 is 9.79 Å². The van der Waals surface area contributed by atoms with Crippen LogP contribution in [0.3, 0.4) is 0 Å². The molecule has 9 nitrogen and oxygen atoms in total. The second kappa shape index (κ2) is 4.76. The second-order valence-electron chi connectivity index (χ2n) is 3.14. The summed E-state index contributed by atoms with van der Waals surface area (Å²) >= 11 is 0. The average molecular weight is 256 g/mol. The second-order valence-corrected chi connectivity index (χ2v) is 4.30. The van der Waals surface area contributed by atoms with Crippen LogP contribution in [0.4, 0.5) is 0 Å². The van der Waals surface area contributed by atoms with Crippen molar-refractivity contribution in [3.05, 3.63) is 0 Å². The number of aliphatic hydroxyl groups excluding tert-OH is 3. The van der Waals surface area contributed by atoms with Gasteiger partial charge in [0.15, 0.2) is 12.2 Å². The molecular formula is C6H9O9P-2. The highest BCUT2D eigenvalue weighted by atomic mass is 31.2. The summed E-state index contributed by atoms with van der Waals surface area (Å²) in [6, 6.07) is 0. The monoisotopic (exact) mass is 256 g/mol. The van der Waals surface area contributed by atoms with E-state index in [4.69, 9.17) is 10.2 Å². The van der Waals surface area contributed by atoms with Crippen LogP contribution in [-0.4, -0.2) is 52.3 Å². The summed E-state index contributed by atoms with van der Waals surface area (Å²) in [4.78, 5) is 31.1. The molecule has 0 aromatic carbocycles. The number of rotatable bonds is 3. The first-order chi connectivity index (χ1) is 7.22. The Bertz CT molecular complexity index is 311. The number of ether oxygens (including phenoxy) is 1. The first-order valence-corrected chi connectivity index (χ1v) is 5.60. The zero-order valence-electron chi connectivity index (χ0n) is 7.75. The van der Waals surface area contributed by atoms with Gasteiger partial charge in [-0.2, -0.15) is 0 Å². The Morgan fingerprint density at radius 3 is 2.38 bits per heavy atom. The average Bonchev–Trinajstić information content (AvgIpc) is 2.17. The van der Waals surface area contributed by atoms with Gasteiger partial charge in [-0.15, -0.1) is 0 Å². The van der Waals surface area contributed by atoms with Gasteiger partial charge in [0.2, 0.25) is 0 Å². The molecule has 0 aliphatic carbocycles. The maximum absolute atomic E-state index is 10.9. The number of esters is 1. The summed E-state index contributed by atoms with van der Waals surface area (Å²) in [6.45, 7) is -0.916. The van der Waals surface area contributed by atoms with Gasteiger partial charge in [0.05, 0.1) is 14.4 Å². The van der Waals surface area contributed by atoms with E-state index in [1.165, 1.54) is 0 Å². The van der Waals surface area contributed by atoms with E-state index in [0.717, 1.165) is 0 Å². The molecule has 0 spiro atoms. The van der Waals surface area contributed by atoms with Crippen LogP contribution in [0.2, 0.25) is 0 Å². The van der Waals surface area contributed by atoms with Gasteiger partial charge in [0, 0.05) is 0 Å². The van der Waals surface area contributed by atoms with E-state index in [1.54, 1.807) is 0 Å². The van der Waals surface area contributed by atoms with Crippen LogP contribution >= 0.6 is 7.82 Å². The molecule has 1 aliphatic heterocycles. The van der Waals surface area contributed by atoms with Crippen molar-refractivity contribution in [2.24, 2.45) is 0 Å². The smallest absolute Gasteiger partial charge is 0.338 e. The third-order valence-electron chi connectivity index (χ3n) is 1.96. The Morgan fingerprint density at radius 2 is 1.88 bits per heavy atom. The van der Waals surface area contributed by atoms with E-state index >= 15 is 0 Å². The molecule has 0 aromatic rings. The third kappa shape index (κ3) is 3.22. The molecule has 0 unspecified atom stereocenters. The van der Waals surface area contributed by atoms with Crippen LogP contribution in [0.15, 0.2) is 0 Å². The van der Waals surface area contributed by atoms with Crippen LogP contribution in [0.1, 0.15) is 0 Å². The Labute approximate surface area is 89.5 Å². The molecule has 1 aliphatic rings. The van der Waals surface area contributed by atoms with E-state index < -0.39 is 44.8 Å². The van der Waals surface area contributed by atoms with Crippen molar-refractivity contribution in [1.29, 1.82) is 0 Å². The lowest BCUT2D eigenvalue weighted by atomic mass is 10.0. The standard InChI is InChI=1S/C6H11O9P/c7-3-2(1-14-16(11,12)13)15-6(10)5(9)4(3)8/h2-5,7-9H,1H2,(H2,11,12,13)/p-2/t2-,3+,4+,5-/m1/s1. The molecule has 4 atom stereocenters. The van der Waals surface area contributed by atoms with Crippen molar-refractivity contribution in [1.82, 2.24) is 0 Å². The van der Waals surface area contributed by atoms with E-state index in [9.17, 15) is 24.3 Å². The lowest BCUT2D eigenvalue weighted by Gasteiger charge is -2.36. The molecule has 0 amide bonds. The number of carbonyl (C=O) groups excluding carboxylic acids is 1. The van der Waals surface area contributed by atoms with Gasteiger partial charge in [0.1, 0.15) is 12.2 Å². The van der Waals surface area contributed by atoms with E-state index in [1.807, 2.05) is 0 Å². The molecule has 16 heavy (non-hydrogen) atoms. The van der Waals surface area contributed by atoms with Gasteiger partial charge in [-0.1, -0.05) is 0 Å². The molecule has 0 bridgehead atoms. The molecule has 1 heterocycles. The third-order valence-corrected chi connectivity index (χ3v) is 2.43. The maximum Gasteiger partial charge on any atom is 0.338 e. The highest BCUT2D eigenvalue weighted by Crippen LogP contribution is 2.27. The quantitative estimate of drug-likeness (QED) is 0.336. The summed E-state index contributed by atoms with van der Waals surface area (Å²) in [6.07, 6.45) is -7.01. The van der Waals surface area contributed by atoms with Crippen molar-refractivity contribution in [2.75, 3.05) is 6.61 Å². The number of phosphoric ester groups is 1. The van der Waals surface area contributed by atoms with Gasteiger partial charge in [-0.05, 0) is 0 Å². The lowest BCUT2D eigenvalue weighted by Crippen LogP contribution is -2.56. The van der Waals surface area contributed by atoms with Gasteiger partial charge in [-0.3, -0.25) is 0 Å². The number of hydrogen-bond donors (Lipinski definition) is 3. The molecule has 3 N–H and O–H groups in total. The molecule has 1 fully saturated rings. The molecule has 10 heteroatoms. The SMILES string of the molecule is O=C1O[C@H](COP(=O)([O-])[O-])[C@H](O)[C@H](O)[C@H]1O. The van der Waals surface area contributed by atoms with Gasteiger partial charge in [0.25, 0.3) is 0 Å². The normalized spacial score (nSPS) is 35.9. The maximum atomic E-state index is 10.9. The Kier molecular flexibility index (Phi) is 4.02. The molecule has 0 saturated carbocycles. The fraction of sp³-hybridized carbons (Fsp3) is 0.833.